The smallest absolute Gasteiger partial charge is 0.329 e. The highest BCUT2D eigenvalue weighted by atomic mass is 19.4. The van der Waals surface area contributed by atoms with E-state index in [4.69, 9.17) is 0 Å². The highest BCUT2D eigenvalue weighted by Crippen LogP contribution is 2.29. The average Bonchev–Trinajstić information content (AvgIpc) is 3.21. The fourth-order valence-electron chi connectivity index (χ4n) is 2.50. The number of benzene rings is 2. The molecule has 0 amide bonds. The molecule has 4 aromatic rings. The van der Waals surface area contributed by atoms with Gasteiger partial charge in [0.05, 0.1) is 5.52 Å². The van der Waals surface area contributed by atoms with Crippen LogP contribution in [0.1, 0.15) is 5.89 Å². The van der Waals surface area contributed by atoms with Crippen LogP contribution in [0.2, 0.25) is 0 Å². The van der Waals surface area contributed by atoms with Crippen molar-refractivity contribution in [1.29, 1.82) is 0 Å². The van der Waals surface area contributed by atoms with Crippen LogP contribution in [0.5, 0.6) is 0 Å². The number of halogens is 3. The van der Waals surface area contributed by atoms with E-state index in [9.17, 15) is 13.2 Å². The van der Waals surface area contributed by atoms with Crippen LogP contribution >= 0.6 is 0 Å². The summed E-state index contributed by atoms with van der Waals surface area (Å²) in [5.74, 6) is -1.45. The molecule has 25 heavy (non-hydrogen) atoms. The van der Waals surface area contributed by atoms with Crippen LogP contribution in [0.3, 0.4) is 0 Å². The second-order valence-electron chi connectivity index (χ2n) is 5.50. The minimum absolute atomic E-state index is 0.0938. The predicted molar refractivity (Wildman–Crippen MR) is 86.7 cm³/mol. The van der Waals surface area contributed by atoms with Gasteiger partial charge in [-0.05, 0) is 6.07 Å². The molecular weight excluding hydrogens is 332 g/mol. The zero-order valence-electron chi connectivity index (χ0n) is 12.7. The molecule has 124 valence electrons. The molecular formula is C16H10BF3N4O. The lowest BCUT2D eigenvalue weighted by Gasteiger charge is -2.01. The van der Waals surface area contributed by atoms with Crippen LogP contribution in [0, 0.1) is 0 Å². The van der Waals surface area contributed by atoms with Crippen LogP contribution in [0.15, 0.2) is 59.3 Å². The van der Waals surface area contributed by atoms with Crippen molar-refractivity contribution >= 4 is 23.8 Å². The Kier molecular flexibility index (Phi) is 3.56. The molecule has 0 N–H and O–H groups in total. The van der Waals surface area contributed by atoms with E-state index >= 15 is 0 Å². The van der Waals surface area contributed by atoms with Gasteiger partial charge in [-0.15, -0.1) is 0 Å². The maximum Gasteiger partial charge on any atom is 0.471 e. The minimum Gasteiger partial charge on any atom is -0.329 e. The molecule has 2 aromatic heterocycles. The van der Waals surface area contributed by atoms with Crippen LogP contribution in [-0.2, 0) is 6.18 Å². The van der Waals surface area contributed by atoms with Gasteiger partial charge >= 0.3 is 12.1 Å². The minimum atomic E-state index is -4.65. The van der Waals surface area contributed by atoms with E-state index in [2.05, 4.69) is 19.8 Å². The molecule has 0 saturated carbocycles. The largest absolute Gasteiger partial charge is 0.471 e. The third kappa shape index (κ3) is 3.12. The number of rotatable bonds is 3. The van der Waals surface area contributed by atoms with Crippen molar-refractivity contribution in [3.8, 4) is 11.4 Å². The lowest BCUT2D eigenvalue weighted by molar-refractivity contribution is -0.159. The summed E-state index contributed by atoms with van der Waals surface area (Å²) in [6.45, 7) is 0. The number of fused-ring (bicyclic) bond motifs is 1. The Bertz CT molecular complexity index is 991. The normalized spacial score (nSPS) is 11.8. The number of hydrogen-bond acceptors (Lipinski definition) is 4. The zero-order chi connectivity index (χ0) is 17.4. The summed E-state index contributed by atoms with van der Waals surface area (Å²) in [7, 11) is 0.551. The summed E-state index contributed by atoms with van der Waals surface area (Å²) in [6.07, 6.45) is -2.70. The molecule has 0 aliphatic rings. The van der Waals surface area contributed by atoms with Crippen molar-refractivity contribution in [3.63, 3.8) is 0 Å². The van der Waals surface area contributed by atoms with E-state index in [0.717, 1.165) is 16.4 Å². The quantitative estimate of drug-likeness (QED) is 0.537. The molecule has 2 aromatic carbocycles. The van der Waals surface area contributed by atoms with Crippen LogP contribution in [0.4, 0.5) is 13.2 Å². The molecule has 0 atom stereocenters. The lowest BCUT2D eigenvalue weighted by atomic mass is 9.83. The van der Waals surface area contributed by atoms with Crippen molar-refractivity contribution in [3.05, 3.63) is 60.6 Å². The Morgan fingerprint density at radius 3 is 2.44 bits per heavy atom. The Balaban J connectivity index is 1.54. The standard InChI is InChI=1S/C16H10BF3N4O/c18-16(19,20)15-21-14(23-25-15)10-5-7-12(8-6-10)17-24-9-11-3-1-2-4-13(11)22-24/h1-9,17H. The molecule has 0 aliphatic carbocycles. The molecule has 0 aliphatic heterocycles. The second kappa shape index (κ2) is 5.76. The van der Waals surface area contributed by atoms with Crippen molar-refractivity contribution in [1.82, 2.24) is 19.8 Å². The van der Waals surface area contributed by atoms with Crippen molar-refractivity contribution in [2.45, 2.75) is 6.18 Å². The first-order valence-electron chi connectivity index (χ1n) is 7.41. The van der Waals surface area contributed by atoms with E-state index in [1.165, 1.54) is 0 Å². The predicted octanol–water partition coefficient (Wildman–Crippen LogP) is 2.63. The fraction of sp³-hybridized carbons (Fsp3) is 0.0625. The van der Waals surface area contributed by atoms with E-state index in [-0.39, 0.29) is 5.82 Å². The van der Waals surface area contributed by atoms with Crippen LogP contribution in [-0.4, -0.2) is 27.2 Å². The first-order chi connectivity index (χ1) is 12.0. The molecule has 0 spiro atoms. The first-order valence-corrected chi connectivity index (χ1v) is 7.41. The average molecular weight is 342 g/mol. The van der Waals surface area contributed by atoms with Gasteiger partial charge in [-0.25, -0.2) is 0 Å². The van der Waals surface area contributed by atoms with Gasteiger partial charge in [0.25, 0.3) is 7.41 Å². The highest BCUT2D eigenvalue weighted by Gasteiger charge is 2.38. The van der Waals surface area contributed by atoms with E-state index in [1.807, 2.05) is 35.1 Å². The van der Waals surface area contributed by atoms with Gasteiger partial charge in [-0.3, -0.25) is 0 Å². The number of nitrogens with zero attached hydrogens (tertiary/aromatic N) is 4. The fourth-order valence-corrected chi connectivity index (χ4v) is 2.50. The summed E-state index contributed by atoms with van der Waals surface area (Å²) in [4.78, 5) is 3.37. The highest BCUT2D eigenvalue weighted by molar-refractivity contribution is 6.51. The maximum absolute atomic E-state index is 12.5. The molecule has 5 nitrogen and oxygen atoms in total. The monoisotopic (exact) mass is 342 g/mol. The van der Waals surface area contributed by atoms with Crippen molar-refractivity contribution < 1.29 is 17.7 Å². The Labute approximate surface area is 140 Å². The summed E-state index contributed by atoms with van der Waals surface area (Å²) >= 11 is 0. The molecule has 0 bridgehead atoms. The molecule has 2 heterocycles. The molecule has 0 radical (unpaired) electrons. The molecule has 9 heteroatoms. The third-order valence-corrected chi connectivity index (χ3v) is 3.69. The summed E-state index contributed by atoms with van der Waals surface area (Å²) in [5, 5.41) is 8.89. The van der Waals surface area contributed by atoms with E-state index in [1.54, 1.807) is 24.3 Å². The van der Waals surface area contributed by atoms with Crippen LogP contribution in [0.25, 0.3) is 22.3 Å². The first kappa shape index (κ1) is 15.4. The van der Waals surface area contributed by atoms with Gasteiger partial charge in [-0.2, -0.15) is 23.3 Å². The Morgan fingerprint density at radius 1 is 1.00 bits per heavy atom. The maximum atomic E-state index is 12.5. The summed E-state index contributed by atoms with van der Waals surface area (Å²) < 4.78 is 43.6. The molecule has 0 fully saturated rings. The van der Waals surface area contributed by atoms with Crippen molar-refractivity contribution in [2.24, 2.45) is 0 Å². The summed E-state index contributed by atoms with van der Waals surface area (Å²) in [6, 6.07) is 14.7. The lowest BCUT2D eigenvalue weighted by Crippen LogP contribution is -2.22. The topological polar surface area (TPSA) is 56.7 Å². The van der Waals surface area contributed by atoms with Gasteiger partial charge in [0, 0.05) is 17.1 Å². The Hall–Kier alpha value is -3.10. The van der Waals surface area contributed by atoms with Crippen LogP contribution < -0.4 is 5.46 Å². The summed E-state index contributed by atoms with van der Waals surface area (Å²) in [5.41, 5.74) is 2.32. The van der Waals surface area contributed by atoms with E-state index < -0.39 is 12.1 Å². The van der Waals surface area contributed by atoms with Gasteiger partial charge in [0.15, 0.2) is 0 Å². The SMILES string of the molecule is FC(F)(F)c1nc(-c2ccc(Bn3cc4ccccc4n3)cc2)no1. The zero-order valence-corrected chi connectivity index (χ0v) is 12.7. The van der Waals surface area contributed by atoms with Gasteiger partial charge in [0.2, 0.25) is 5.82 Å². The number of hydrogen-bond donors (Lipinski definition) is 0. The third-order valence-electron chi connectivity index (χ3n) is 3.69. The molecule has 0 unspecified atom stereocenters. The molecule has 0 saturated heterocycles. The van der Waals surface area contributed by atoms with Gasteiger partial charge in [0.1, 0.15) is 0 Å². The van der Waals surface area contributed by atoms with Gasteiger partial charge in [-0.1, -0.05) is 53.1 Å². The molecule has 4 rings (SSSR count). The Morgan fingerprint density at radius 2 is 1.76 bits per heavy atom. The van der Waals surface area contributed by atoms with Gasteiger partial charge < -0.3 is 9.12 Å². The number of alkyl halides is 3. The number of aromatic nitrogens is 4. The second-order valence-corrected chi connectivity index (χ2v) is 5.50. The van der Waals surface area contributed by atoms with Crippen molar-refractivity contribution in [2.75, 3.05) is 0 Å². The van der Waals surface area contributed by atoms with E-state index in [0.29, 0.717) is 13.0 Å².